The number of carboxylic acid groups (broad SMARTS) is 1. The summed E-state index contributed by atoms with van der Waals surface area (Å²) < 4.78 is 5.80. The third kappa shape index (κ3) is 3.85. The molecule has 0 radical (unpaired) electrons. The van der Waals surface area contributed by atoms with Gasteiger partial charge in [-0.2, -0.15) is 0 Å². The Hall–Kier alpha value is -2.82. The van der Waals surface area contributed by atoms with E-state index >= 15 is 0 Å². The Morgan fingerprint density at radius 2 is 1.91 bits per heavy atom. The molecule has 22 heavy (non-hydrogen) atoms. The number of benzene rings is 2. The van der Waals surface area contributed by atoms with E-state index in [1.54, 1.807) is 37.3 Å². The number of nitrogens with zero attached hydrogens (tertiary/aromatic N) is 1. The van der Waals surface area contributed by atoms with Gasteiger partial charge in [-0.1, -0.05) is 29.4 Å². The second-order valence-corrected chi connectivity index (χ2v) is 4.58. The Balaban J connectivity index is 2.44. The minimum atomic E-state index is -1.17. The van der Waals surface area contributed by atoms with Gasteiger partial charge in [-0.05, 0) is 43.7 Å². The molecule has 0 spiro atoms. The van der Waals surface area contributed by atoms with E-state index < -0.39 is 5.97 Å². The highest BCUT2D eigenvalue weighted by Crippen LogP contribution is 2.27. The van der Waals surface area contributed by atoms with Crippen molar-refractivity contribution in [2.45, 2.75) is 13.8 Å². The van der Waals surface area contributed by atoms with Crippen molar-refractivity contribution in [1.29, 1.82) is 0 Å². The van der Waals surface area contributed by atoms with Crippen LogP contribution >= 0.6 is 0 Å². The average molecular weight is 299 g/mol. The Bertz CT molecular complexity index is 680. The zero-order valence-corrected chi connectivity index (χ0v) is 12.4. The number of hydrogen-bond donors (Lipinski definition) is 1. The molecular formula is C17H17NO4. The standard InChI is InChI=1S/C17H17NO4/c1-3-21-18-16(17(19)20)14-10-9-12(2)11-15(14)22-13-7-5-4-6-8-13/h4-11H,3H2,1-2H3,(H,19,20). The van der Waals surface area contributed by atoms with Crippen LogP contribution in [-0.2, 0) is 9.63 Å². The first-order valence-corrected chi connectivity index (χ1v) is 6.89. The second-order valence-electron chi connectivity index (χ2n) is 4.58. The first kappa shape index (κ1) is 15.6. The fraction of sp³-hybridized carbons (Fsp3) is 0.176. The number of ether oxygens (including phenoxy) is 1. The quantitative estimate of drug-likeness (QED) is 0.653. The maximum Gasteiger partial charge on any atom is 0.358 e. The molecule has 1 N–H and O–H groups in total. The van der Waals surface area contributed by atoms with Gasteiger partial charge in [0.25, 0.3) is 0 Å². The van der Waals surface area contributed by atoms with Crippen molar-refractivity contribution >= 4 is 11.7 Å². The van der Waals surface area contributed by atoms with Gasteiger partial charge in [-0.15, -0.1) is 0 Å². The molecule has 2 aromatic rings. The lowest BCUT2D eigenvalue weighted by Gasteiger charge is -2.12. The monoisotopic (exact) mass is 299 g/mol. The fourth-order valence-electron chi connectivity index (χ4n) is 1.86. The highest BCUT2D eigenvalue weighted by atomic mass is 16.6. The molecule has 0 saturated heterocycles. The van der Waals surface area contributed by atoms with E-state index in [0.717, 1.165) is 5.56 Å². The smallest absolute Gasteiger partial charge is 0.358 e. The summed E-state index contributed by atoms with van der Waals surface area (Å²) in [5.41, 5.74) is 1.14. The third-order valence-corrected chi connectivity index (χ3v) is 2.85. The van der Waals surface area contributed by atoms with E-state index in [9.17, 15) is 9.90 Å². The Morgan fingerprint density at radius 1 is 1.18 bits per heavy atom. The van der Waals surface area contributed by atoms with Crippen LogP contribution in [0.3, 0.4) is 0 Å². The van der Waals surface area contributed by atoms with Gasteiger partial charge in [0.05, 0.1) is 5.56 Å². The van der Waals surface area contributed by atoms with Crippen molar-refractivity contribution in [1.82, 2.24) is 0 Å². The SMILES string of the molecule is CCON=C(C(=O)O)c1ccc(C)cc1Oc1ccccc1. The first-order chi connectivity index (χ1) is 10.6. The van der Waals surface area contributed by atoms with E-state index in [1.807, 2.05) is 25.1 Å². The van der Waals surface area contributed by atoms with E-state index in [0.29, 0.717) is 17.1 Å². The molecule has 0 amide bonds. The summed E-state index contributed by atoms with van der Waals surface area (Å²) in [4.78, 5) is 16.3. The van der Waals surface area contributed by atoms with Crippen LogP contribution in [0.5, 0.6) is 11.5 Å². The number of carbonyl (C=O) groups is 1. The number of carboxylic acids is 1. The van der Waals surface area contributed by atoms with Crippen LogP contribution in [0.1, 0.15) is 18.1 Å². The zero-order chi connectivity index (χ0) is 15.9. The summed E-state index contributed by atoms with van der Waals surface area (Å²) in [5, 5.41) is 13.0. The molecule has 0 fully saturated rings. The van der Waals surface area contributed by atoms with Crippen LogP contribution in [-0.4, -0.2) is 23.4 Å². The predicted octanol–water partition coefficient (Wildman–Crippen LogP) is 3.61. The summed E-state index contributed by atoms with van der Waals surface area (Å²) in [6, 6.07) is 14.4. The first-order valence-electron chi connectivity index (χ1n) is 6.89. The predicted molar refractivity (Wildman–Crippen MR) is 83.5 cm³/mol. The molecule has 5 heteroatoms. The summed E-state index contributed by atoms with van der Waals surface area (Å²) in [6.07, 6.45) is 0. The zero-order valence-electron chi connectivity index (χ0n) is 12.4. The highest BCUT2D eigenvalue weighted by molar-refractivity contribution is 6.43. The number of aliphatic carboxylic acids is 1. The third-order valence-electron chi connectivity index (χ3n) is 2.85. The van der Waals surface area contributed by atoms with Gasteiger partial charge in [-0.25, -0.2) is 4.79 Å². The molecule has 0 unspecified atom stereocenters. The molecule has 0 atom stereocenters. The summed E-state index contributed by atoms with van der Waals surface area (Å²) in [6.45, 7) is 3.93. The lowest BCUT2D eigenvalue weighted by atomic mass is 10.1. The summed E-state index contributed by atoms with van der Waals surface area (Å²) in [7, 11) is 0. The van der Waals surface area contributed by atoms with Gasteiger partial charge in [0.2, 0.25) is 0 Å². The van der Waals surface area contributed by atoms with Crippen LogP contribution in [0.25, 0.3) is 0 Å². The molecule has 0 aliphatic heterocycles. The van der Waals surface area contributed by atoms with Gasteiger partial charge in [-0.3, -0.25) is 0 Å². The van der Waals surface area contributed by atoms with Crippen molar-refractivity contribution in [3.05, 3.63) is 59.7 Å². The number of aryl methyl sites for hydroxylation is 1. The second kappa shape index (κ2) is 7.26. The molecule has 0 aliphatic rings. The molecule has 5 nitrogen and oxygen atoms in total. The van der Waals surface area contributed by atoms with Crippen molar-refractivity contribution in [3.8, 4) is 11.5 Å². The Labute approximate surface area is 128 Å². The van der Waals surface area contributed by atoms with E-state index in [4.69, 9.17) is 9.57 Å². The van der Waals surface area contributed by atoms with Gasteiger partial charge >= 0.3 is 5.97 Å². The fourth-order valence-corrected chi connectivity index (χ4v) is 1.86. The molecule has 0 heterocycles. The van der Waals surface area contributed by atoms with Crippen LogP contribution < -0.4 is 4.74 Å². The topological polar surface area (TPSA) is 68.1 Å². The summed E-state index contributed by atoms with van der Waals surface area (Å²) >= 11 is 0. The van der Waals surface area contributed by atoms with Crippen molar-refractivity contribution < 1.29 is 19.5 Å². The molecule has 2 rings (SSSR count). The lowest BCUT2D eigenvalue weighted by Crippen LogP contribution is -2.16. The Morgan fingerprint density at radius 3 is 2.55 bits per heavy atom. The lowest BCUT2D eigenvalue weighted by molar-refractivity contribution is -0.129. The molecule has 0 aromatic heterocycles. The van der Waals surface area contributed by atoms with Gasteiger partial charge in [0.1, 0.15) is 18.1 Å². The van der Waals surface area contributed by atoms with Crippen LogP contribution in [0.2, 0.25) is 0 Å². The van der Waals surface area contributed by atoms with Gasteiger partial charge < -0.3 is 14.7 Å². The molecule has 0 bridgehead atoms. The number of hydrogen-bond acceptors (Lipinski definition) is 4. The van der Waals surface area contributed by atoms with Crippen molar-refractivity contribution in [3.63, 3.8) is 0 Å². The van der Waals surface area contributed by atoms with E-state index in [1.165, 1.54) is 0 Å². The maximum absolute atomic E-state index is 11.4. The van der Waals surface area contributed by atoms with Gasteiger partial charge in [0, 0.05) is 0 Å². The van der Waals surface area contributed by atoms with Crippen LogP contribution in [0.4, 0.5) is 0 Å². The largest absolute Gasteiger partial charge is 0.476 e. The highest BCUT2D eigenvalue weighted by Gasteiger charge is 2.19. The molecule has 0 aliphatic carbocycles. The molecular weight excluding hydrogens is 282 g/mol. The minimum absolute atomic E-state index is 0.187. The maximum atomic E-state index is 11.4. The number of oxime groups is 1. The number of rotatable bonds is 6. The molecule has 2 aromatic carbocycles. The normalized spacial score (nSPS) is 11.1. The van der Waals surface area contributed by atoms with Crippen molar-refractivity contribution in [2.24, 2.45) is 5.16 Å². The van der Waals surface area contributed by atoms with E-state index in [-0.39, 0.29) is 12.3 Å². The summed E-state index contributed by atoms with van der Waals surface area (Å²) in [5.74, 6) is -0.127. The average Bonchev–Trinajstić information content (AvgIpc) is 2.50. The van der Waals surface area contributed by atoms with Crippen molar-refractivity contribution in [2.75, 3.05) is 6.61 Å². The van der Waals surface area contributed by atoms with Gasteiger partial charge in [0.15, 0.2) is 5.71 Å². The van der Waals surface area contributed by atoms with E-state index in [2.05, 4.69) is 5.16 Å². The number of para-hydroxylation sites is 1. The minimum Gasteiger partial charge on any atom is -0.476 e. The Kier molecular flexibility index (Phi) is 5.14. The molecule has 0 saturated carbocycles. The van der Waals surface area contributed by atoms with Crippen LogP contribution in [0.15, 0.2) is 53.7 Å². The molecule has 114 valence electrons. The van der Waals surface area contributed by atoms with Crippen LogP contribution in [0, 0.1) is 6.92 Å².